The van der Waals surface area contributed by atoms with E-state index >= 15 is 0 Å². The van der Waals surface area contributed by atoms with Gasteiger partial charge in [-0.1, -0.05) is 163 Å². The van der Waals surface area contributed by atoms with Crippen LogP contribution in [0.4, 0.5) is 10.5 Å². The number of halogens is 1. The second-order valence-corrected chi connectivity index (χ2v) is 27.3. The summed E-state index contributed by atoms with van der Waals surface area (Å²) in [5, 5.41) is 7.48. The molecule has 5 rings (SSSR count). The van der Waals surface area contributed by atoms with E-state index in [4.69, 9.17) is 25.0 Å². The molecule has 0 unspecified atom stereocenters. The number of anilines is 1. The Balaban J connectivity index is 0.000000301. The minimum atomic E-state index is -2.76. The van der Waals surface area contributed by atoms with Crippen LogP contribution in [0.25, 0.3) is 0 Å². The molecule has 54 heavy (non-hydrogen) atoms. The van der Waals surface area contributed by atoms with E-state index in [-0.39, 0.29) is 16.7 Å². The van der Waals surface area contributed by atoms with Gasteiger partial charge in [-0.25, -0.2) is 9.59 Å². The molecule has 1 heterocycles. The van der Waals surface area contributed by atoms with E-state index in [2.05, 4.69) is 120 Å². The van der Waals surface area contributed by atoms with E-state index in [0.717, 1.165) is 4.88 Å². The van der Waals surface area contributed by atoms with Crippen LogP contribution in [0.5, 0.6) is 0 Å². The lowest BCUT2D eigenvalue weighted by Crippen LogP contribution is -2.66. The number of ether oxygens (including phenoxy) is 2. The Hall–Kier alpha value is -4.00. The molecule has 0 fully saturated rings. The van der Waals surface area contributed by atoms with Gasteiger partial charge in [0, 0.05) is 4.88 Å². The Morgan fingerprint density at radius 2 is 1.06 bits per heavy atom. The quantitative estimate of drug-likeness (QED) is 0.0914. The van der Waals surface area contributed by atoms with Crippen LogP contribution in [0.15, 0.2) is 127 Å². The summed E-state index contributed by atoms with van der Waals surface area (Å²) in [5.41, 5.74) is -0.317. The minimum Gasteiger partial charge on any atom is -0.465 e. The van der Waals surface area contributed by atoms with Gasteiger partial charge in [-0.2, -0.15) is 11.1 Å². The first-order valence-corrected chi connectivity index (χ1v) is 23.8. The van der Waals surface area contributed by atoms with Crippen LogP contribution in [-0.4, -0.2) is 40.5 Å². The van der Waals surface area contributed by atoms with E-state index < -0.39 is 33.4 Å². The summed E-state index contributed by atoms with van der Waals surface area (Å²) in [6, 6.07) is 43.5. The lowest BCUT2D eigenvalue weighted by atomic mass is 10.2. The van der Waals surface area contributed by atoms with Gasteiger partial charge in [0.15, 0.2) is 0 Å². The van der Waals surface area contributed by atoms with Crippen molar-refractivity contribution in [2.24, 2.45) is 0 Å². The molecule has 0 aliphatic heterocycles. The summed E-state index contributed by atoms with van der Waals surface area (Å²) in [6.07, 6.45) is -0.634. The Kier molecular flexibility index (Phi) is 14.0. The summed E-state index contributed by atoms with van der Waals surface area (Å²) < 4.78 is 17.3. The fourth-order valence-electron chi connectivity index (χ4n) is 6.57. The number of carbonyl (C=O) groups is 2. The van der Waals surface area contributed by atoms with Gasteiger partial charge >= 0.3 is 12.1 Å². The van der Waals surface area contributed by atoms with Crippen LogP contribution >= 0.6 is 22.4 Å². The Morgan fingerprint density at radius 3 is 1.41 bits per heavy atom. The van der Waals surface area contributed by atoms with Crippen LogP contribution in [0.3, 0.4) is 0 Å². The number of amides is 1. The summed E-state index contributed by atoms with van der Waals surface area (Å²) in [4.78, 5) is 26.0. The third kappa shape index (κ3) is 10.00. The molecule has 0 bridgehead atoms. The van der Waals surface area contributed by atoms with Gasteiger partial charge in [0.05, 0.1) is 19.4 Å². The van der Waals surface area contributed by atoms with Gasteiger partial charge in [0.1, 0.15) is 10.5 Å². The van der Waals surface area contributed by atoms with E-state index in [1.807, 2.05) is 48.5 Å². The number of hydrogen-bond acceptors (Lipinski definition) is 6. The SMILES string of the molecule is CC(C)(C)[Si](Cl)(c1ccccc1)c1ccccc1.COC(=O)c1sc(CO[Si](c2ccccc2)(c2ccccc2)C(C)(C)C)cc1NC(=O)OC(C)(C)C. The molecule has 10 heteroatoms. The molecule has 1 N–H and O–H groups in total. The zero-order chi connectivity index (χ0) is 39.8. The Labute approximate surface area is 332 Å². The third-order valence-electron chi connectivity index (χ3n) is 9.01. The molecule has 4 aromatic carbocycles. The molecular weight excluding hydrogens is 746 g/mol. The first kappa shape index (κ1) is 42.7. The largest absolute Gasteiger partial charge is 0.465 e. The van der Waals surface area contributed by atoms with Crippen molar-refractivity contribution in [3.8, 4) is 0 Å². The topological polar surface area (TPSA) is 73.9 Å². The van der Waals surface area contributed by atoms with Crippen molar-refractivity contribution in [3.63, 3.8) is 0 Å². The molecule has 0 aliphatic rings. The lowest BCUT2D eigenvalue weighted by molar-refractivity contribution is 0.0607. The minimum absolute atomic E-state index is 0.0667. The molecular formula is C44H54ClNO5SSi2. The molecule has 1 amide bonds. The molecule has 0 atom stereocenters. The predicted octanol–water partition coefficient (Wildman–Crippen LogP) is 9.74. The number of esters is 1. The molecule has 0 radical (unpaired) electrons. The van der Waals surface area contributed by atoms with Crippen LogP contribution in [0.1, 0.15) is 76.9 Å². The second-order valence-electron chi connectivity index (χ2n) is 16.2. The first-order chi connectivity index (χ1) is 25.3. The normalized spacial score (nSPS) is 12.3. The van der Waals surface area contributed by atoms with Gasteiger partial charge < -0.3 is 13.9 Å². The van der Waals surface area contributed by atoms with Gasteiger partial charge in [0.25, 0.3) is 8.32 Å². The number of nitrogens with one attached hydrogen (secondary N) is 1. The van der Waals surface area contributed by atoms with Gasteiger partial charge in [0.2, 0.25) is 7.38 Å². The standard InChI is InChI=1S/C28H35NO5SSi.C16H19ClSi/c1-27(2,3)34-26(31)29-23-18-20(35-24(23)25(30)32-7)19-33-36(28(4,5)6,21-14-10-8-11-15-21)22-16-12-9-13-17-22;1-16(2,3)18(17,14-10-6-4-7-11-14)15-12-8-5-9-13-15/h8-18H,19H2,1-7H3,(H,29,31);4-13H,1-3H3. The van der Waals surface area contributed by atoms with Crippen LogP contribution in [-0.2, 0) is 20.5 Å². The average molecular weight is 801 g/mol. The van der Waals surface area contributed by atoms with Gasteiger partial charge in [-0.05, 0) is 57.7 Å². The van der Waals surface area contributed by atoms with Crippen molar-refractivity contribution < 1.29 is 23.5 Å². The fourth-order valence-corrected chi connectivity index (χ4v) is 16.3. The average Bonchev–Trinajstić information content (AvgIpc) is 3.53. The van der Waals surface area contributed by atoms with E-state index in [9.17, 15) is 9.59 Å². The Bertz CT molecular complexity index is 1870. The zero-order valence-corrected chi connectivity index (χ0v) is 36.7. The number of thiophene rings is 1. The van der Waals surface area contributed by atoms with Crippen molar-refractivity contribution in [2.75, 3.05) is 12.4 Å². The number of methoxy groups -OCH3 is 1. The summed E-state index contributed by atoms with van der Waals surface area (Å²) in [6.45, 7) is 19.0. The Morgan fingerprint density at radius 1 is 0.648 bits per heavy atom. The molecule has 0 saturated carbocycles. The highest BCUT2D eigenvalue weighted by molar-refractivity contribution is 7.35. The highest BCUT2D eigenvalue weighted by Crippen LogP contribution is 2.39. The zero-order valence-electron chi connectivity index (χ0n) is 33.2. The molecule has 1 aromatic heterocycles. The van der Waals surface area contributed by atoms with Gasteiger partial charge in [-0.3, -0.25) is 5.32 Å². The predicted molar refractivity (Wildman–Crippen MR) is 231 cm³/mol. The molecule has 0 saturated heterocycles. The first-order valence-electron chi connectivity index (χ1n) is 18.1. The summed E-state index contributed by atoms with van der Waals surface area (Å²) >= 11 is 8.45. The molecule has 0 aliphatic carbocycles. The number of benzene rings is 4. The van der Waals surface area contributed by atoms with Crippen LogP contribution < -0.4 is 26.1 Å². The summed E-state index contributed by atoms with van der Waals surface area (Å²) in [5.74, 6) is -0.525. The van der Waals surface area contributed by atoms with Crippen molar-refractivity contribution in [2.45, 2.75) is 84.6 Å². The highest BCUT2D eigenvalue weighted by atomic mass is 35.6. The van der Waals surface area contributed by atoms with Crippen molar-refractivity contribution in [1.29, 1.82) is 0 Å². The molecule has 5 aromatic rings. The van der Waals surface area contributed by atoms with Crippen LogP contribution in [0.2, 0.25) is 10.1 Å². The van der Waals surface area contributed by atoms with Crippen molar-refractivity contribution in [3.05, 3.63) is 137 Å². The van der Waals surface area contributed by atoms with Crippen LogP contribution in [0, 0.1) is 0 Å². The van der Waals surface area contributed by atoms with E-state index in [0.29, 0.717) is 10.6 Å². The maximum Gasteiger partial charge on any atom is 0.412 e. The fraction of sp³-hybridized carbons (Fsp3) is 0.318. The van der Waals surface area contributed by atoms with Crippen molar-refractivity contribution >= 4 is 76.6 Å². The molecule has 286 valence electrons. The maximum absolute atomic E-state index is 12.5. The van der Waals surface area contributed by atoms with Gasteiger partial charge in [-0.15, -0.1) is 11.3 Å². The smallest absolute Gasteiger partial charge is 0.412 e. The lowest BCUT2D eigenvalue weighted by Gasteiger charge is -2.43. The molecule has 6 nitrogen and oxygen atoms in total. The number of rotatable bonds is 9. The monoisotopic (exact) mass is 799 g/mol. The summed E-state index contributed by atoms with van der Waals surface area (Å²) in [7, 11) is -3.67. The molecule has 0 spiro atoms. The third-order valence-corrected chi connectivity index (χ3v) is 22.4. The van der Waals surface area contributed by atoms with E-state index in [1.165, 1.54) is 39.2 Å². The highest BCUT2D eigenvalue weighted by Gasteiger charge is 2.50. The van der Waals surface area contributed by atoms with Crippen molar-refractivity contribution in [1.82, 2.24) is 0 Å². The second kappa shape index (κ2) is 17.6. The maximum atomic E-state index is 12.5. The number of carbonyl (C=O) groups excluding carboxylic acids is 2. The number of hydrogen-bond donors (Lipinski definition) is 1. The van der Waals surface area contributed by atoms with E-state index in [1.54, 1.807) is 26.8 Å².